The highest BCUT2D eigenvalue weighted by atomic mass is 19.0. The second kappa shape index (κ2) is 14.0. The Kier molecular flexibility index (Phi) is 9.63. The fraction of sp³-hybridized carbons (Fsp3) is 0. The monoisotopic (exact) mass is 510 g/mol. The molecule has 0 aromatic heterocycles. The molecule has 0 saturated carbocycles. The molecule has 0 amide bonds. The molecule has 6 aromatic rings. The summed E-state index contributed by atoms with van der Waals surface area (Å²) < 4.78 is 0. The summed E-state index contributed by atoms with van der Waals surface area (Å²) in [6, 6.07) is 62.5. The van der Waals surface area contributed by atoms with Gasteiger partial charge in [0.05, 0.1) is 0 Å². The fourth-order valence-corrected chi connectivity index (χ4v) is 4.36. The predicted molar refractivity (Wildman–Crippen MR) is 165 cm³/mol. The average molecular weight is 511 g/mol. The minimum Gasteiger partial charge on any atom is -0.311 e. The maximum Gasteiger partial charge on any atom is 0.0461 e. The van der Waals surface area contributed by atoms with Crippen molar-refractivity contribution < 1.29 is 4.70 Å². The summed E-state index contributed by atoms with van der Waals surface area (Å²) in [6.45, 7) is 0. The van der Waals surface area contributed by atoms with Gasteiger partial charge in [-0.2, -0.15) is 0 Å². The normalized spacial score (nSPS) is 9.85. The summed E-state index contributed by atoms with van der Waals surface area (Å²) in [7, 11) is 0. The quantitative estimate of drug-likeness (QED) is 0.220. The molecule has 192 valence electrons. The summed E-state index contributed by atoms with van der Waals surface area (Å²) >= 11 is 0. The number of rotatable bonds is 6. The van der Waals surface area contributed by atoms with Crippen LogP contribution in [0.5, 0.6) is 0 Å². The van der Waals surface area contributed by atoms with E-state index in [9.17, 15) is 0 Å². The zero-order valence-electron chi connectivity index (χ0n) is 21.6. The Morgan fingerprint density at radius 3 is 0.462 bits per heavy atom. The van der Waals surface area contributed by atoms with E-state index in [-0.39, 0.29) is 4.70 Å². The Balaban J connectivity index is 0.000000176. The van der Waals surface area contributed by atoms with E-state index < -0.39 is 0 Å². The molecule has 0 aliphatic heterocycles. The van der Waals surface area contributed by atoms with Crippen LogP contribution in [0.2, 0.25) is 0 Å². The van der Waals surface area contributed by atoms with Crippen LogP contribution in [0.3, 0.4) is 0 Å². The van der Waals surface area contributed by atoms with Crippen LogP contribution >= 0.6 is 0 Å². The highest BCUT2D eigenvalue weighted by Gasteiger charge is 2.11. The zero-order valence-corrected chi connectivity index (χ0v) is 21.6. The van der Waals surface area contributed by atoms with E-state index in [2.05, 4.69) is 155 Å². The largest absolute Gasteiger partial charge is 0.311 e. The number of anilines is 6. The van der Waals surface area contributed by atoms with Gasteiger partial charge in [0.15, 0.2) is 0 Å². The van der Waals surface area contributed by atoms with Crippen molar-refractivity contribution in [2.24, 2.45) is 0 Å². The lowest BCUT2D eigenvalue weighted by atomic mass is 10.2. The van der Waals surface area contributed by atoms with E-state index in [1.165, 1.54) is 34.1 Å². The van der Waals surface area contributed by atoms with E-state index in [1.54, 1.807) is 0 Å². The van der Waals surface area contributed by atoms with Gasteiger partial charge in [0.2, 0.25) is 0 Å². The van der Waals surface area contributed by atoms with Crippen LogP contribution in [0.25, 0.3) is 0 Å². The number of para-hydroxylation sites is 6. The van der Waals surface area contributed by atoms with Gasteiger partial charge in [0, 0.05) is 34.1 Å². The van der Waals surface area contributed by atoms with Crippen molar-refractivity contribution in [1.82, 2.24) is 0 Å². The first-order valence-electron chi connectivity index (χ1n) is 12.8. The van der Waals surface area contributed by atoms with E-state index in [1.807, 2.05) is 36.4 Å². The lowest BCUT2D eigenvalue weighted by Crippen LogP contribution is -2.09. The Bertz CT molecular complexity index is 1170. The molecular weight excluding hydrogens is 479 g/mol. The van der Waals surface area contributed by atoms with Crippen LogP contribution in [0.4, 0.5) is 38.8 Å². The first-order valence-corrected chi connectivity index (χ1v) is 12.8. The van der Waals surface area contributed by atoms with Gasteiger partial charge in [-0.1, -0.05) is 109 Å². The van der Waals surface area contributed by atoms with Crippen LogP contribution in [0, 0.1) is 0 Å². The SMILES string of the molecule is F.c1ccc(N(c2ccccc2)c2ccccc2)cc1.c1ccc(N(c2ccccc2)c2ccccc2)cc1. The van der Waals surface area contributed by atoms with Crippen LogP contribution in [-0.4, -0.2) is 0 Å². The predicted octanol–water partition coefficient (Wildman–Crippen LogP) is 10.5. The van der Waals surface area contributed by atoms with Crippen molar-refractivity contribution >= 4 is 34.1 Å². The Morgan fingerprint density at radius 1 is 0.205 bits per heavy atom. The van der Waals surface area contributed by atoms with Gasteiger partial charge in [0.1, 0.15) is 0 Å². The van der Waals surface area contributed by atoms with Crippen molar-refractivity contribution in [3.8, 4) is 0 Å². The number of hydrogen-bond acceptors (Lipinski definition) is 2. The lowest BCUT2D eigenvalue weighted by Gasteiger charge is -2.25. The third-order valence-electron chi connectivity index (χ3n) is 6.09. The summed E-state index contributed by atoms with van der Waals surface area (Å²) in [6.07, 6.45) is 0. The molecule has 0 N–H and O–H groups in total. The third-order valence-corrected chi connectivity index (χ3v) is 6.09. The minimum atomic E-state index is 0. The van der Waals surface area contributed by atoms with Crippen molar-refractivity contribution in [1.29, 1.82) is 0 Å². The average Bonchev–Trinajstić information content (AvgIpc) is 3.01. The Morgan fingerprint density at radius 2 is 0.333 bits per heavy atom. The first kappa shape index (κ1) is 26.9. The molecule has 0 atom stereocenters. The van der Waals surface area contributed by atoms with E-state index in [4.69, 9.17) is 0 Å². The molecule has 0 unspecified atom stereocenters. The van der Waals surface area contributed by atoms with E-state index in [0.29, 0.717) is 0 Å². The molecule has 0 spiro atoms. The van der Waals surface area contributed by atoms with Crippen LogP contribution in [0.1, 0.15) is 0 Å². The van der Waals surface area contributed by atoms with Crippen LogP contribution < -0.4 is 9.80 Å². The summed E-state index contributed by atoms with van der Waals surface area (Å²) in [4.78, 5) is 4.50. The van der Waals surface area contributed by atoms with Gasteiger partial charge in [-0.15, -0.1) is 0 Å². The molecule has 0 heterocycles. The third kappa shape index (κ3) is 7.00. The van der Waals surface area contributed by atoms with Gasteiger partial charge in [-0.05, 0) is 72.8 Å². The highest BCUT2D eigenvalue weighted by molar-refractivity contribution is 5.77. The van der Waals surface area contributed by atoms with E-state index >= 15 is 0 Å². The van der Waals surface area contributed by atoms with Crippen LogP contribution in [0.15, 0.2) is 182 Å². The molecule has 0 aliphatic rings. The molecule has 0 saturated heterocycles. The number of hydrogen-bond donors (Lipinski definition) is 0. The minimum absolute atomic E-state index is 0. The van der Waals surface area contributed by atoms with Gasteiger partial charge in [-0.3, -0.25) is 4.70 Å². The Hall–Kier alpha value is -5.15. The number of halogens is 1. The molecule has 3 heteroatoms. The van der Waals surface area contributed by atoms with Gasteiger partial charge in [0.25, 0.3) is 0 Å². The molecule has 2 nitrogen and oxygen atoms in total. The zero-order chi connectivity index (χ0) is 25.8. The second-order valence-corrected chi connectivity index (χ2v) is 8.68. The summed E-state index contributed by atoms with van der Waals surface area (Å²) in [5.41, 5.74) is 7.00. The molecule has 0 radical (unpaired) electrons. The number of nitrogens with zero attached hydrogens (tertiary/aromatic N) is 2. The first-order chi connectivity index (χ1) is 18.9. The standard InChI is InChI=1S/2C18H15N.FH/c2*1-4-10-16(11-5-1)19(17-12-6-2-7-13-17)18-14-8-3-9-15-18;/h2*1-15H;1H. The smallest absolute Gasteiger partial charge is 0.0461 e. The van der Waals surface area contributed by atoms with Crippen LogP contribution in [-0.2, 0) is 0 Å². The topological polar surface area (TPSA) is 6.48 Å². The van der Waals surface area contributed by atoms with Crippen molar-refractivity contribution in [2.75, 3.05) is 9.80 Å². The Labute approximate surface area is 230 Å². The van der Waals surface area contributed by atoms with Crippen molar-refractivity contribution in [3.05, 3.63) is 182 Å². The molecular formula is C36H31FN2. The van der Waals surface area contributed by atoms with Gasteiger partial charge >= 0.3 is 0 Å². The van der Waals surface area contributed by atoms with E-state index in [0.717, 1.165) is 0 Å². The molecule has 6 rings (SSSR count). The maximum absolute atomic E-state index is 2.25. The molecule has 6 aromatic carbocycles. The van der Waals surface area contributed by atoms with Gasteiger partial charge < -0.3 is 9.80 Å². The van der Waals surface area contributed by atoms with Gasteiger partial charge in [-0.25, -0.2) is 0 Å². The maximum atomic E-state index is 2.25. The number of benzene rings is 6. The van der Waals surface area contributed by atoms with Crippen molar-refractivity contribution in [2.45, 2.75) is 0 Å². The summed E-state index contributed by atoms with van der Waals surface area (Å²) in [5, 5.41) is 0. The molecule has 0 aliphatic carbocycles. The fourth-order valence-electron chi connectivity index (χ4n) is 4.36. The highest BCUT2D eigenvalue weighted by Crippen LogP contribution is 2.34. The van der Waals surface area contributed by atoms with Crippen molar-refractivity contribution in [3.63, 3.8) is 0 Å². The molecule has 0 fully saturated rings. The molecule has 0 bridgehead atoms. The lowest BCUT2D eigenvalue weighted by molar-refractivity contribution is 1.11. The molecule has 39 heavy (non-hydrogen) atoms. The summed E-state index contributed by atoms with van der Waals surface area (Å²) in [5.74, 6) is 0. The second-order valence-electron chi connectivity index (χ2n) is 8.68.